The highest BCUT2D eigenvalue weighted by atomic mass is 16.5. The molecule has 28 heavy (non-hydrogen) atoms. The number of rotatable bonds is 18. The Morgan fingerprint density at radius 3 is 2.43 bits per heavy atom. The smallest absolute Gasteiger partial charge is 0.305 e. The van der Waals surface area contributed by atoms with Gasteiger partial charge in [0.1, 0.15) is 6.61 Å². The molecular formula is C20H34N2O6. The molecule has 0 bridgehead atoms. The van der Waals surface area contributed by atoms with Crippen LogP contribution in [-0.4, -0.2) is 62.4 Å². The number of amides is 2. The summed E-state index contributed by atoms with van der Waals surface area (Å²) in [6, 6.07) is 0. The Morgan fingerprint density at radius 1 is 1.00 bits per heavy atom. The van der Waals surface area contributed by atoms with E-state index < -0.39 is 5.92 Å². The maximum absolute atomic E-state index is 12.2. The quantitative estimate of drug-likeness (QED) is 0.181. The molecule has 0 aliphatic carbocycles. The topological polar surface area (TPSA) is 114 Å². The van der Waals surface area contributed by atoms with Crippen LogP contribution in [0.5, 0.6) is 0 Å². The number of unbranched alkanes of at least 4 members (excludes halogenated alkanes) is 2. The molecule has 1 atom stereocenters. The van der Waals surface area contributed by atoms with Crippen LogP contribution in [0.2, 0.25) is 0 Å². The summed E-state index contributed by atoms with van der Waals surface area (Å²) in [5.74, 6) is -1.37. The van der Waals surface area contributed by atoms with Crippen LogP contribution in [0.25, 0.3) is 0 Å². The number of aliphatic hydroxyl groups excluding tert-OH is 1. The molecular weight excluding hydrogens is 364 g/mol. The van der Waals surface area contributed by atoms with Crippen molar-refractivity contribution in [3.05, 3.63) is 25.3 Å². The molecule has 0 unspecified atom stereocenters. The van der Waals surface area contributed by atoms with Gasteiger partial charge in [-0.1, -0.05) is 12.2 Å². The molecule has 0 aromatic rings. The number of carbonyl (C=O) groups excluding carboxylic acids is 3. The van der Waals surface area contributed by atoms with Gasteiger partial charge < -0.3 is 25.2 Å². The third-order valence-corrected chi connectivity index (χ3v) is 3.76. The molecule has 0 fully saturated rings. The largest absolute Gasteiger partial charge is 0.464 e. The number of carbonyl (C=O) groups is 3. The second-order valence-electron chi connectivity index (χ2n) is 6.16. The standard InChI is InChI=1S/C20H34N2O6/c1-3-5-6-7-9-19(25)28-14-11-22-20(26)17(8-4-2)16-18(24)21-10-13-27-15-12-23/h3-4,17,23H,1-2,5-16H2,(H,21,24)(H,22,26)/t17-/m0/s1. The van der Waals surface area contributed by atoms with Crippen LogP contribution in [0.15, 0.2) is 25.3 Å². The van der Waals surface area contributed by atoms with Crippen molar-refractivity contribution in [1.82, 2.24) is 10.6 Å². The average Bonchev–Trinajstić information content (AvgIpc) is 2.68. The fourth-order valence-electron chi connectivity index (χ4n) is 2.32. The summed E-state index contributed by atoms with van der Waals surface area (Å²) in [5.41, 5.74) is 0. The number of hydrogen-bond acceptors (Lipinski definition) is 6. The lowest BCUT2D eigenvalue weighted by Crippen LogP contribution is -2.37. The Balaban J connectivity index is 4.02. The van der Waals surface area contributed by atoms with Crippen LogP contribution in [-0.2, 0) is 23.9 Å². The minimum Gasteiger partial charge on any atom is -0.464 e. The van der Waals surface area contributed by atoms with Gasteiger partial charge >= 0.3 is 5.97 Å². The SMILES string of the molecule is C=CCCCCC(=O)OCCNC(=O)[C@@H](CC=C)CC(=O)NCCOCCO. The van der Waals surface area contributed by atoms with Gasteiger partial charge in [0.25, 0.3) is 0 Å². The van der Waals surface area contributed by atoms with Crippen molar-refractivity contribution < 1.29 is 29.0 Å². The molecule has 8 nitrogen and oxygen atoms in total. The lowest BCUT2D eigenvalue weighted by Gasteiger charge is -2.15. The molecule has 0 radical (unpaired) electrons. The van der Waals surface area contributed by atoms with Crippen LogP contribution in [0.1, 0.15) is 38.5 Å². The summed E-state index contributed by atoms with van der Waals surface area (Å²) < 4.78 is 10.1. The van der Waals surface area contributed by atoms with Gasteiger partial charge in [-0.15, -0.1) is 13.2 Å². The number of aliphatic hydroxyl groups is 1. The average molecular weight is 399 g/mol. The van der Waals surface area contributed by atoms with Gasteiger partial charge in [-0.25, -0.2) is 0 Å². The van der Waals surface area contributed by atoms with E-state index in [4.69, 9.17) is 14.6 Å². The molecule has 3 N–H and O–H groups in total. The van der Waals surface area contributed by atoms with Crippen molar-refractivity contribution in [2.45, 2.75) is 38.5 Å². The molecule has 0 rings (SSSR count). The maximum atomic E-state index is 12.2. The lowest BCUT2D eigenvalue weighted by molar-refractivity contribution is -0.144. The normalized spacial score (nSPS) is 11.3. The highest BCUT2D eigenvalue weighted by Gasteiger charge is 2.20. The number of hydrogen-bond donors (Lipinski definition) is 3. The minimum atomic E-state index is -0.537. The van der Waals surface area contributed by atoms with E-state index in [-0.39, 0.29) is 50.6 Å². The Kier molecular flexibility index (Phi) is 16.8. The van der Waals surface area contributed by atoms with Crippen molar-refractivity contribution in [3.63, 3.8) is 0 Å². The molecule has 0 aromatic heterocycles. The number of allylic oxidation sites excluding steroid dienone is 2. The van der Waals surface area contributed by atoms with E-state index in [0.29, 0.717) is 26.0 Å². The molecule has 8 heteroatoms. The van der Waals surface area contributed by atoms with Crippen LogP contribution >= 0.6 is 0 Å². The van der Waals surface area contributed by atoms with Crippen molar-refractivity contribution >= 4 is 17.8 Å². The van der Waals surface area contributed by atoms with E-state index in [9.17, 15) is 14.4 Å². The molecule has 0 aromatic carbocycles. The summed E-state index contributed by atoms with van der Waals surface area (Å²) in [5, 5.41) is 13.9. The van der Waals surface area contributed by atoms with Gasteiger partial charge in [0.15, 0.2) is 0 Å². The highest BCUT2D eigenvalue weighted by Crippen LogP contribution is 2.09. The number of esters is 1. The number of ether oxygens (including phenoxy) is 2. The Hall–Kier alpha value is -2.19. The van der Waals surface area contributed by atoms with E-state index >= 15 is 0 Å². The first-order valence-corrected chi connectivity index (χ1v) is 9.65. The Labute approximate surface area is 167 Å². The van der Waals surface area contributed by atoms with Gasteiger partial charge in [-0.05, 0) is 25.7 Å². The summed E-state index contributed by atoms with van der Waals surface area (Å²) in [6.45, 7) is 8.29. The molecule has 0 aliphatic rings. The minimum absolute atomic E-state index is 0.0287. The van der Waals surface area contributed by atoms with Gasteiger partial charge in [-0.3, -0.25) is 14.4 Å². The lowest BCUT2D eigenvalue weighted by atomic mass is 10.00. The second-order valence-corrected chi connectivity index (χ2v) is 6.16. The Morgan fingerprint density at radius 2 is 1.75 bits per heavy atom. The predicted molar refractivity (Wildman–Crippen MR) is 106 cm³/mol. The zero-order chi connectivity index (χ0) is 21.0. The zero-order valence-corrected chi connectivity index (χ0v) is 16.6. The maximum Gasteiger partial charge on any atom is 0.305 e. The number of nitrogens with one attached hydrogen (secondary N) is 2. The van der Waals surface area contributed by atoms with E-state index in [0.717, 1.165) is 19.3 Å². The van der Waals surface area contributed by atoms with E-state index in [1.165, 1.54) is 0 Å². The first kappa shape index (κ1) is 25.8. The van der Waals surface area contributed by atoms with Crippen LogP contribution in [0.3, 0.4) is 0 Å². The van der Waals surface area contributed by atoms with E-state index in [1.54, 1.807) is 6.08 Å². The Bertz CT molecular complexity index is 481. The third-order valence-electron chi connectivity index (χ3n) is 3.76. The van der Waals surface area contributed by atoms with Crippen molar-refractivity contribution in [2.75, 3.05) is 39.5 Å². The zero-order valence-electron chi connectivity index (χ0n) is 16.6. The monoisotopic (exact) mass is 398 g/mol. The molecule has 160 valence electrons. The van der Waals surface area contributed by atoms with Crippen LogP contribution in [0.4, 0.5) is 0 Å². The molecule has 0 aliphatic heterocycles. The van der Waals surface area contributed by atoms with Gasteiger partial charge in [0, 0.05) is 19.4 Å². The van der Waals surface area contributed by atoms with E-state index in [2.05, 4.69) is 23.8 Å². The third kappa shape index (κ3) is 14.9. The van der Waals surface area contributed by atoms with Crippen molar-refractivity contribution in [1.29, 1.82) is 0 Å². The van der Waals surface area contributed by atoms with Gasteiger partial charge in [-0.2, -0.15) is 0 Å². The van der Waals surface area contributed by atoms with Gasteiger partial charge in [0.2, 0.25) is 11.8 Å². The fourth-order valence-corrected chi connectivity index (χ4v) is 2.32. The summed E-state index contributed by atoms with van der Waals surface area (Å²) in [4.78, 5) is 35.7. The molecule has 0 heterocycles. The van der Waals surface area contributed by atoms with E-state index in [1.807, 2.05) is 6.08 Å². The predicted octanol–water partition coefficient (Wildman–Crippen LogP) is 1.10. The van der Waals surface area contributed by atoms with Crippen LogP contribution < -0.4 is 10.6 Å². The summed E-state index contributed by atoms with van der Waals surface area (Å²) in [7, 11) is 0. The van der Waals surface area contributed by atoms with Crippen LogP contribution in [0, 0.1) is 5.92 Å². The summed E-state index contributed by atoms with van der Waals surface area (Å²) >= 11 is 0. The van der Waals surface area contributed by atoms with Crippen molar-refractivity contribution in [3.8, 4) is 0 Å². The summed E-state index contributed by atoms with van der Waals surface area (Å²) in [6.07, 6.45) is 6.66. The molecule has 0 saturated heterocycles. The second kappa shape index (κ2) is 18.2. The molecule has 0 saturated carbocycles. The van der Waals surface area contributed by atoms with Gasteiger partial charge in [0.05, 0.1) is 32.3 Å². The molecule has 2 amide bonds. The van der Waals surface area contributed by atoms with Crippen molar-refractivity contribution in [2.24, 2.45) is 5.92 Å². The first-order valence-electron chi connectivity index (χ1n) is 9.65. The fraction of sp³-hybridized carbons (Fsp3) is 0.650. The first-order chi connectivity index (χ1) is 13.5. The highest BCUT2D eigenvalue weighted by molar-refractivity contribution is 5.85. The molecule has 0 spiro atoms.